The Kier molecular flexibility index (Phi) is 8.80. The molecular weight excluding hydrogens is 514 g/mol. The molecule has 2 saturated heterocycles. The molecule has 1 N–H and O–H groups in total. The summed E-state index contributed by atoms with van der Waals surface area (Å²) in [5.74, 6) is -0.0898. The predicted molar refractivity (Wildman–Crippen MR) is 144 cm³/mol. The highest BCUT2D eigenvalue weighted by Gasteiger charge is 2.34. The second-order valence-corrected chi connectivity index (χ2v) is 9.92. The summed E-state index contributed by atoms with van der Waals surface area (Å²) >= 11 is 6.42. The first-order valence-corrected chi connectivity index (χ1v) is 13.0. The molecule has 2 aromatic carbocycles. The van der Waals surface area contributed by atoms with Crippen LogP contribution in [0.15, 0.2) is 47.4 Å². The Bertz CT molecular complexity index is 1230. The molecule has 0 spiro atoms. The van der Waals surface area contributed by atoms with Gasteiger partial charge in [-0.05, 0) is 62.0 Å². The Morgan fingerprint density at radius 3 is 2.54 bits per heavy atom. The van der Waals surface area contributed by atoms with E-state index in [4.69, 9.17) is 26.4 Å². The number of rotatable bonds is 8. The van der Waals surface area contributed by atoms with E-state index in [1.54, 1.807) is 41.3 Å². The molecule has 2 aliphatic rings. The van der Waals surface area contributed by atoms with Gasteiger partial charge in [0.1, 0.15) is 0 Å². The van der Waals surface area contributed by atoms with Crippen molar-refractivity contribution in [1.82, 2.24) is 15.3 Å². The third-order valence-corrected chi connectivity index (χ3v) is 6.90. The SMILES string of the molecule is CCOc1cc(/C=C2/SC(=S)N(NC(=O)c3ccc(C)cc3)C2=O)ccc1OCC(=O)N1CCOCC1. The molecule has 0 aromatic heterocycles. The summed E-state index contributed by atoms with van der Waals surface area (Å²) in [6.07, 6.45) is 1.67. The van der Waals surface area contributed by atoms with Crippen LogP contribution < -0.4 is 14.9 Å². The average Bonchev–Trinajstić information content (AvgIpc) is 3.16. The number of hydrogen-bond donors (Lipinski definition) is 1. The molecule has 4 rings (SSSR count). The fourth-order valence-corrected chi connectivity index (χ4v) is 4.81. The largest absolute Gasteiger partial charge is 0.490 e. The van der Waals surface area contributed by atoms with Crippen molar-refractivity contribution in [3.8, 4) is 11.5 Å². The summed E-state index contributed by atoms with van der Waals surface area (Å²) in [5, 5.41) is 1.08. The van der Waals surface area contributed by atoms with E-state index in [1.807, 2.05) is 26.0 Å². The van der Waals surface area contributed by atoms with Crippen molar-refractivity contribution in [2.75, 3.05) is 39.5 Å². The third kappa shape index (κ3) is 6.68. The number of hydrazine groups is 1. The van der Waals surface area contributed by atoms with Crippen LogP contribution in [0.2, 0.25) is 0 Å². The number of nitrogens with one attached hydrogen (secondary N) is 1. The van der Waals surface area contributed by atoms with E-state index in [0.717, 1.165) is 22.3 Å². The monoisotopic (exact) mass is 541 g/mol. The fourth-order valence-electron chi connectivity index (χ4n) is 3.63. The summed E-state index contributed by atoms with van der Waals surface area (Å²) in [7, 11) is 0. The summed E-state index contributed by atoms with van der Waals surface area (Å²) in [4.78, 5) is 40.0. The van der Waals surface area contributed by atoms with E-state index in [0.29, 0.717) is 60.4 Å². The Hall–Kier alpha value is -3.41. The topological polar surface area (TPSA) is 97.4 Å². The zero-order chi connectivity index (χ0) is 26.4. The lowest BCUT2D eigenvalue weighted by Crippen LogP contribution is -2.44. The Labute approximate surface area is 224 Å². The van der Waals surface area contributed by atoms with Gasteiger partial charge in [0.25, 0.3) is 17.7 Å². The number of carbonyl (C=O) groups is 3. The Morgan fingerprint density at radius 1 is 1.11 bits per heavy atom. The maximum atomic E-state index is 13.0. The van der Waals surface area contributed by atoms with Crippen molar-refractivity contribution in [3.05, 3.63) is 64.1 Å². The second kappa shape index (κ2) is 12.2. The zero-order valence-corrected chi connectivity index (χ0v) is 22.2. The molecule has 194 valence electrons. The standard InChI is InChI=1S/C26H27N3O6S2/c1-3-34-21-14-18(6-9-20(21)35-16-23(30)28-10-12-33-13-11-28)15-22-25(32)29(26(36)37-22)27-24(31)19-7-4-17(2)5-8-19/h4-9,14-15H,3,10-13,16H2,1-2H3,(H,27,31)/b22-15+. The van der Waals surface area contributed by atoms with Gasteiger partial charge in [-0.15, -0.1) is 0 Å². The molecular formula is C26H27N3O6S2. The maximum Gasteiger partial charge on any atom is 0.285 e. The van der Waals surface area contributed by atoms with E-state index >= 15 is 0 Å². The smallest absolute Gasteiger partial charge is 0.285 e. The van der Waals surface area contributed by atoms with E-state index in [1.165, 1.54) is 0 Å². The van der Waals surface area contributed by atoms with Crippen LogP contribution in [0.3, 0.4) is 0 Å². The third-order valence-electron chi connectivity index (χ3n) is 5.60. The molecule has 2 fully saturated rings. The number of ether oxygens (including phenoxy) is 3. The number of thioether (sulfide) groups is 1. The average molecular weight is 542 g/mol. The second-order valence-electron chi connectivity index (χ2n) is 8.25. The van der Waals surface area contributed by atoms with E-state index in [2.05, 4.69) is 5.43 Å². The molecule has 0 saturated carbocycles. The molecule has 2 aliphatic heterocycles. The fraction of sp³-hybridized carbons (Fsp3) is 0.308. The number of nitrogens with zero attached hydrogens (tertiary/aromatic N) is 2. The lowest BCUT2D eigenvalue weighted by Gasteiger charge is -2.26. The normalized spacial score (nSPS) is 16.8. The molecule has 9 nitrogen and oxygen atoms in total. The highest BCUT2D eigenvalue weighted by molar-refractivity contribution is 8.26. The van der Waals surface area contributed by atoms with E-state index < -0.39 is 11.8 Å². The maximum absolute atomic E-state index is 13.0. The first kappa shape index (κ1) is 26.6. The van der Waals surface area contributed by atoms with Gasteiger partial charge in [-0.25, -0.2) is 0 Å². The van der Waals surface area contributed by atoms with Gasteiger partial charge in [-0.2, -0.15) is 5.01 Å². The van der Waals surface area contributed by atoms with Crippen molar-refractivity contribution < 1.29 is 28.6 Å². The van der Waals surface area contributed by atoms with Gasteiger partial charge in [0, 0.05) is 18.7 Å². The first-order chi connectivity index (χ1) is 17.9. The molecule has 0 atom stereocenters. The van der Waals surface area contributed by atoms with Crippen molar-refractivity contribution in [3.63, 3.8) is 0 Å². The van der Waals surface area contributed by atoms with Gasteiger partial charge in [-0.1, -0.05) is 35.5 Å². The molecule has 3 amide bonds. The molecule has 37 heavy (non-hydrogen) atoms. The first-order valence-electron chi connectivity index (χ1n) is 11.8. The summed E-state index contributed by atoms with van der Waals surface area (Å²) < 4.78 is 17.0. The van der Waals surface area contributed by atoms with Gasteiger partial charge in [0.2, 0.25) is 0 Å². The molecule has 2 aromatic rings. The number of amides is 3. The summed E-state index contributed by atoms with van der Waals surface area (Å²) in [5.41, 5.74) is 4.71. The number of hydrogen-bond acceptors (Lipinski definition) is 8. The molecule has 0 radical (unpaired) electrons. The Balaban J connectivity index is 1.44. The van der Waals surface area contributed by atoms with Gasteiger partial charge >= 0.3 is 0 Å². The number of aryl methyl sites for hydroxylation is 1. The van der Waals surface area contributed by atoms with Gasteiger partial charge in [0.05, 0.1) is 24.7 Å². The molecule has 2 heterocycles. The van der Waals surface area contributed by atoms with Crippen molar-refractivity contribution in [1.29, 1.82) is 0 Å². The highest BCUT2D eigenvalue weighted by Crippen LogP contribution is 2.34. The van der Waals surface area contributed by atoms with Crippen LogP contribution in [0.5, 0.6) is 11.5 Å². The van der Waals surface area contributed by atoms with Gasteiger partial charge in [-0.3, -0.25) is 19.8 Å². The highest BCUT2D eigenvalue weighted by atomic mass is 32.2. The molecule has 11 heteroatoms. The number of benzene rings is 2. The van der Waals surface area contributed by atoms with Crippen LogP contribution >= 0.6 is 24.0 Å². The number of carbonyl (C=O) groups excluding carboxylic acids is 3. The summed E-state index contributed by atoms with van der Waals surface area (Å²) in [6.45, 7) is 6.18. The van der Waals surface area contributed by atoms with Gasteiger partial charge in [0.15, 0.2) is 22.4 Å². The van der Waals surface area contributed by atoms with Crippen molar-refractivity contribution in [2.24, 2.45) is 0 Å². The van der Waals surface area contributed by atoms with E-state index in [-0.39, 0.29) is 16.8 Å². The van der Waals surface area contributed by atoms with Gasteiger partial charge < -0.3 is 19.1 Å². The Morgan fingerprint density at radius 2 is 1.84 bits per heavy atom. The minimum Gasteiger partial charge on any atom is -0.490 e. The lowest BCUT2D eigenvalue weighted by molar-refractivity contribution is -0.137. The van der Waals surface area contributed by atoms with E-state index in [9.17, 15) is 14.4 Å². The van der Waals surface area contributed by atoms with Crippen LogP contribution in [0.4, 0.5) is 0 Å². The zero-order valence-electron chi connectivity index (χ0n) is 20.5. The van der Waals surface area contributed by atoms with Crippen LogP contribution in [-0.2, 0) is 14.3 Å². The minimum absolute atomic E-state index is 0.112. The van der Waals surface area contributed by atoms with Crippen molar-refractivity contribution >= 4 is 52.1 Å². The van der Waals surface area contributed by atoms with Crippen molar-refractivity contribution in [2.45, 2.75) is 13.8 Å². The van der Waals surface area contributed by atoms with Crippen LogP contribution in [0.1, 0.15) is 28.4 Å². The van der Waals surface area contributed by atoms with Crippen LogP contribution in [-0.4, -0.2) is 71.5 Å². The molecule has 0 unspecified atom stereocenters. The molecule has 0 bridgehead atoms. The molecule has 0 aliphatic carbocycles. The summed E-state index contributed by atoms with van der Waals surface area (Å²) in [6, 6.07) is 12.2. The number of thiocarbonyl (C=S) groups is 1. The predicted octanol–water partition coefficient (Wildman–Crippen LogP) is 3.18. The number of morpholine rings is 1. The van der Waals surface area contributed by atoms with Crippen LogP contribution in [0.25, 0.3) is 6.08 Å². The quantitative estimate of drug-likeness (QED) is 0.402. The van der Waals surface area contributed by atoms with Crippen LogP contribution in [0, 0.1) is 6.92 Å². The lowest BCUT2D eigenvalue weighted by atomic mass is 10.1. The minimum atomic E-state index is -0.427.